The standard InChI is InChI=1S/C13H12BrF4N3O/c14-9-6-5-21(7-3-1-2-4-22-7)20-12(6)11(19)10(15)8(9)13(16,17)18/h5,7H,1-4,19H2. The van der Waals surface area contributed by atoms with E-state index < -0.39 is 27.7 Å². The largest absolute Gasteiger partial charge is 0.420 e. The molecular formula is C13H12BrF4N3O. The van der Waals surface area contributed by atoms with Crippen molar-refractivity contribution in [2.45, 2.75) is 31.7 Å². The van der Waals surface area contributed by atoms with Crippen LogP contribution in [0.15, 0.2) is 10.7 Å². The van der Waals surface area contributed by atoms with Gasteiger partial charge in [0.2, 0.25) is 0 Å². The van der Waals surface area contributed by atoms with Crippen molar-refractivity contribution in [1.29, 1.82) is 0 Å². The highest BCUT2D eigenvalue weighted by Gasteiger charge is 2.39. The average Bonchev–Trinajstić information content (AvgIpc) is 2.90. The second kappa shape index (κ2) is 5.38. The van der Waals surface area contributed by atoms with E-state index in [2.05, 4.69) is 21.0 Å². The van der Waals surface area contributed by atoms with Crippen molar-refractivity contribution < 1.29 is 22.3 Å². The van der Waals surface area contributed by atoms with Crippen LogP contribution in [-0.2, 0) is 10.9 Å². The van der Waals surface area contributed by atoms with Crippen LogP contribution >= 0.6 is 15.9 Å². The van der Waals surface area contributed by atoms with Gasteiger partial charge in [-0.2, -0.15) is 18.3 Å². The highest BCUT2D eigenvalue weighted by Crippen LogP contribution is 2.43. The predicted octanol–water partition coefficient (Wildman–Crippen LogP) is 4.24. The van der Waals surface area contributed by atoms with Crippen molar-refractivity contribution in [3.8, 4) is 0 Å². The summed E-state index contributed by atoms with van der Waals surface area (Å²) in [6.45, 7) is 0.555. The lowest BCUT2D eigenvalue weighted by Crippen LogP contribution is -2.18. The fourth-order valence-electron chi connectivity index (χ4n) is 2.55. The SMILES string of the molecule is Nc1c(F)c(C(F)(F)F)c(Br)c2cn(C3CCCCO3)nc12. The summed E-state index contributed by atoms with van der Waals surface area (Å²) < 4.78 is 59.5. The number of alkyl halides is 3. The summed E-state index contributed by atoms with van der Waals surface area (Å²) in [6.07, 6.45) is -1.27. The van der Waals surface area contributed by atoms with E-state index in [-0.39, 0.29) is 17.1 Å². The lowest BCUT2D eigenvalue weighted by Gasteiger charge is -2.22. The fraction of sp³-hybridized carbons (Fsp3) is 0.462. The first-order valence-corrected chi connectivity index (χ1v) is 7.44. The van der Waals surface area contributed by atoms with Crippen LogP contribution in [0, 0.1) is 5.82 Å². The molecule has 1 atom stereocenters. The van der Waals surface area contributed by atoms with E-state index in [1.807, 2.05) is 0 Å². The maximum Gasteiger partial charge on any atom is 0.420 e. The molecule has 1 fully saturated rings. The highest BCUT2D eigenvalue weighted by molar-refractivity contribution is 9.10. The van der Waals surface area contributed by atoms with Crippen LogP contribution in [0.25, 0.3) is 10.9 Å². The van der Waals surface area contributed by atoms with Crippen molar-refractivity contribution in [1.82, 2.24) is 9.78 Å². The van der Waals surface area contributed by atoms with Crippen molar-refractivity contribution >= 4 is 32.5 Å². The molecule has 2 heterocycles. The molecule has 1 aromatic heterocycles. The molecule has 1 unspecified atom stereocenters. The van der Waals surface area contributed by atoms with Crippen molar-refractivity contribution in [3.05, 3.63) is 22.1 Å². The van der Waals surface area contributed by atoms with E-state index in [0.717, 1.165) is 12.8 Å². The third-order valence-electron chi connectivity index (χ3n) is 3.63. The number of hydrogen-bond acceptors (Lipinski definition) is 3. The Hall–Kier alpha value is -1.35. The minimum absolute atomic E-state index is 0.00783. The molecule has 1 aromatic carbocycles. The topological polar surface area (TPSA) is 53.1 Å². The zero-order valence-corrected chi connectivity index (χ0v) is 12.8. The predicted molar refractivity (Wildman–Crippen MR) is 75.6 cm³/mol. The molecule has 0 aliphatic carbocycles. The molecule has 2 aromatic rings. The molecule has 22 heavy (non-hydrogen) atoms. The molecule has 0 amide bonds. The van der Waals surface area contributed by atoms with Gasteiger partial charge in [-0.05, 0) is 35.2 Å². The van der Waals surface area contributed by atoms with Crippen LogP contribution in [-0.4, -0.2) is 16.4 Å². The van der Waals surface area contributed by atoms with E-state index in [1.54, 1.807) is 0 Å². The summed E-state index contributed by atoms with van der Waals surface area (Å²) in [7, 11) is 0. The third-order valence-corrected chi connectivity index (χ3v) is 4.46. The zero-order chi connectivity index (χ0) is 16.1. The Kier molecular flexibility index (Phi) is 3.80. The van der Waals surface area contributed by atoms with E-state index >= 15 is 0 Å². The number of nitrogens with zero attached hydrogens (tertiary/aromatic N) is 2. The number of anilines is 1. The van der Waals surface area contributed by atoms with Crippen LogP contribution in [0.5, 0.6) is 0 Å². The van der Waals surface area contributed by atoms with Gasteiger partial charge in [0.1, 0.15) is 17.3 Å². The molecule has 0 saturated carbocycles. The maximum atomic E-state index is 14.0. The fourth-order valence-corrected chi connectivity index (χ4v) is 3.24. The van der Waals surface area contributed by atoms with Gasteiger partial charge in [0, 0.05) is 22.7 Å². The number of ether oxygens (including phenoxy) is 1. The molecule has 1 saturated heterocycles. The van der Waals surface area contributed by atoms with Gasteiger partial charge in [-0.15, -0.1) is 0 Å². The molecule has 4 nitrogen and oxygen atoms in total. The molecule has 120 valence electrons. The number of nitrogen functional groups attached to an aromatic ring is 1. The van der Waals surface area contributed by atoms with Gasteiger partial charge in [-0.1, -0.05) is 0 Å². The Morgan fingerprint density at radius 2 is 2.09 bits per heavy atom. The smallest absolute Gasteiger partial charge is 0.395 e. The van der Waals surface area contributed by atoms with Gasteiger partial charge in [0.15, 0.2) is 5.82 Å². The number of halogens is 5. The molecular weight excluding hydrogens is 370 g/mol. The number of nitrogens with two attached hydrogens (primary N) is 1. The Morgan fingerprint density at radius 1 is 1.36 bits per heavy atom. The number of fused-ring (bicyclic) bond motifs is 1. The Balaban J connectivity index is 2.19. The normalized spacial score (nSPS) is 19.8. The van der Waals surface area contributed by atoms with Crippen molar-refractivity contribution in [3.63, 3.8) is 0 Å². The molecule has 0 spiro atoms. The lowest BCUT2D eigenvalue weighted by atomic mass is 10.1. The van der Waals surface area contributed by atoms with Crippen LogP contribution in [0.2, 0.25) is 0 Å². The van der Waals surface area contributed by atoms with Gasteiger partial charge >= 0.3 is 6.18 Å². The second-order valence-electron chi connectivity index (χ2n) is 5.11. The third kappa shape index (κ3) is 2.45. The van der Waals surface area contributed by atoms with Gasteiger partial charge in [0.05, 0.1) is 5.69 Å². The molecule has 1 aliphatic rings. The van der Waals surface area contributed by atoms with Gasteiger partial charge in [0.25, 0.3) is 0 Å². The summed E-state index contributed by atoms with van der Waals surface area (Å²) in [5.74, 6) is -1.51. The number of aromatic nitrogens is 2. The summed E-state index contributed by atoms with van der Waals surface area (Å²) in [5, 5.41) is 4.22. The number of hydrogen-bond donors (Lipinski definition) is 1. The first kappa shape index (κ1) is 15.5. The summed E-state index contributed by atoms with van der Waals surface area (Å²) in [5.41, 5.74) is 3.48. The van der Waals surface area contributed by atoms with E-state index in [1.165, 1.54) is 10.9 Å². The number of rotatable bonds is 1. The number of benzene rings is 1. The van der Waals surface area contributed by atoms with E-state index in [9.17, 15) is 17.6 Å². The molecule has 2 N–H and O–H groups in total. The maximum absolute atomic E-state index is 14.0. The first-order chi connectivity index (χ1) is 10.3. The second-order valence-corrected chi connectivity index (χ2v) is 5.90. The molecule has 9 heteroatoms. The summed E-state index contributed by atoms with van der Waals surface area (Å²) >= 11 is 2.83. The monoisotopic (exact) mass is 381 g/mol. The van der Waals surface area contributed by atoms with E-state index in [4.69, 9.17) is 10.5 Å². The molecule has 3 rings (SSSR count). The minimum Gasteiger partial charge on any atom is -0.395 e. The van der Waals surface area contributed by atoms with Gasteiger partial charge in [-0.25, -0.2) is 9.07 Å². The van der Waals surface area contributed by atoms with E-state index in [0.29, 0.717) is 13.0 Å². The van der Waals surface area contributed by atoms with Gasteiger partial charge in [-0.3, -0.25) is 0 Å². The van der Waals surface area contributed by atoms with Gasteiger partial charge < -0.3 is 10.5 Å². The molecule has 0 bridgehead atoms. The van der Waals surface area contributed by atoms with Crippen LogP contribution < -0.4 is 5.73 Å². The van der Waals surface area contributed by atoms with Crippen molar-refractivity contribution in [2.75, 3.05) is 12.3 Å². The summed E-state index contributed by atoms with van der Waals surface area (Å²) in [6, 6.07) is 0. The Labute approximate surface area is 131 Å². The molecule has 0 radical (unpaired) electrons. The quantitative estimate of drug-likeness (QED) is 0.593. The minimum atomic E-state index is -4.85. The lowest BCUT2D eigenvalue weighted by molar-refractivity contribution is -0.140. The zero-order valence-electron chi connectivity index (χ0n) is 11.3. The van der Waals surface area contributed by atoms with Crippen molar-refractivity contribution in [2.24, 2.45) is 0 Å². The first-order valence-electron chi connectivity index (χ1n) is 6.64. The Bertz CT molecular complexity index is 722. The summed E-state index contributed by atoms with van der Waals surface area (Å²) in [4.78, 5) is 0. The van der Waals surface area contributed by atoms with Crippen LogP contribution in [0.1, 0.15) is 31.1 Å². The Morgan fingerprint density at radius 3 is 2.68 bits per heavy atom. The molecule has 1 aliphatic heterocycles. The van der Waals surface area contributed by atoms with Crippen LogP contribution in [0.3, 0.4) is 0 Å². The average molecular weight is 382 g/mol. The van der Waals surface area contributed by atoms with Crippen LogP contribution in [0.4, 0.5) is 23.2 Å². The highest BCUT2D eigenvalue weighted by atomic mass is 79.9.